The highest BCUT2D eigenvalue weighted by Crippen LogP contribution is 2.44. The molecule has 0 bridgehead atoms. The largest absolute Gasteiger partial charge is 0.492 e. The predicted octanol–water partition coefficient (Wildman–Crippen LogP) is -0.111. The van der Waals surface area contributed by atoms with Crippen LogP contribution in [0.25, 0.3) is 0 Å². The standard InChI is InChI=1S/C17H20N2O5/c1-18-17(22)11-3-8(2-10-9(4-20)5-24-15(10)11)16(21)19-14-12-6-23-7-13(12)14/h2-3,9,12-14,20H,4-7H2,1H3,(H,18,22)(H,19,21). The summed E-state index contributed by atoms with van der Waals surface area (Å²) in [5.41, 5.74) is 1.46. The average Bonchev–Trinajstić information content (AvgIpc) is 3.00. The summed E-state index contributed by atoms with van der Waals surface area (Å²) in [5, 5.41) is 15.1. The monoisotopic (exact) mass is 332 g/mol. The van der Waals surface area contributed by atoms with Crippen molar-refractivity contribution < 1.29 is 24.2 Å². The van der Waals surface area contributed by atoms with E-state index < -0.39 is 0 Å². The number of amides is 2. The third kappa shape index (κ3) is 2.35. The van der Waals surface area contributed by atoms with E-state index in [1.807, 2.05) is 0 Å². The van der Waals surface area contributed by atoms with E-state index in [1.54, 1.807) is 12.1 Å². The molecule has 7 nitrogen and oxygen atoms in total. The summed E-state index contributed by atoms with van der Waals surface area (Å²) in [6, 6.07) is 3.44. The van der Waals surface area contributed by atoms with E-state index in [1.165, 1.54) is 7.05 Å². The summed E-state index contributed by atoms with van der Waals surface area (Å²) in [7, 11) is 1.53. The summed E-state index contributed by atoms with van der Waals surface area (Å²) >= 11 is 0. The molecule has 3 atom stereocenters. The molecule has 2 amide bonds. The van der Waals surface area contributed by atoms with Gasteiger partial charge in [0.05, 0.1) is 32.0 Å². The number of nitrogens with one attached hydrogen (secondary N) is 2. The van der Waals surface area contributed by atoms with Gasteiger partial charge in [0.1, 0.15) is 5.75 Å². The molecule has 0 spiro atoms. The van der Waals surface area contributed by atoms with Gasteiger partial charge in [0.2, 0.25) is 0 Å². The fraction of sp³-hybridized carbons (Fsp3) is 0.529. The average molecular weight is 332 g/mol. The third-order valence-corrected chi connectivity index (χ3v) is 5.19. The summed E-state index contributed by atoms with van der Waals surface area (Å²) in [6.45, 7) is 1.62. The Labute approximate surface area is 139 Å². The Bertz CT molecular complexity index is 694. The highest BCUT2D eigenvalue weighted by Gasteiger charge is 2.54. The first-order valence-corrected chi connectivity index (χ1v) is 8.16. The van der Waals surface area contributed by atoms with Crippen LogP contribution in [0.5, 0.6) is 5.75 Å². The second-order valence-corrected chi connectivity index (χ2v) is 6.58. The van der Waals surface area contributed by atoms with Crippen molar-refractivity contribution in [1.82, 2.24) is 10.6 Å². The molecule has 3 aliphatic rings. The Morgan fingerprint density at radius 3 is 2.62 bits per heavy atom. The van der Waals surface area contributed by atoms with E-state index in [-0.39, 0.29) is 30.4 Å². The lowest BCUT2D eigenvalue weighted by Gasteiger charge is -2.12. The van der Waals surface area contributed by atoms with Gasteiger partial charge in [0.15, 0.2) is 0 Å². The molecule has 1 aliphatic carbocycles. The zero-order valence-electron chi connectivity index (χ0n) is 13.4. The number of ether oxygens (including phenoxy) is 2. The van der Waals surface area contributed by atoms with Gasteiger partial charge in [0.25, 0.3) is 11.8 Å². The molecule has 3 unspecified atom stereocenters. The number of hydrogen-bond donors (Lipinski definition) is 3. The van der Waals surface area contributed by atoms with Gasteiger partial charge in [-0.25, -0.2) is 0 Å². The molecule has 0 aromatic heterocycles. The third-order valence-electron chi connectivity index (χ3n) is 5.19. The SMILES string of the molecule is CNC(=O)c1cc(C(=O)NC2C3COCC32)cc2c1OCC2CO. The summed E-state index contributed by atoms with van der Waals surface area (Å²) in [5.74, 6) is 0.555. The van der Waals surface area contributed by atoms with Crippen molar-refractivity contribution in [2.75, 3.05) is 33.5 Å². The Kier molecular flexibility index (Phi) is 3.69. The summed E-state index contributed by atoms with van der Waals surface area (Å²) in [4.78, 5) is 24.7. The summed E-state index contributed by atoms with van der Waals surface area (Å²) in [6.07, 6.45) is 0. The van der Waals surface area contributed by atoms with Crippen LogP contribution in [0.2, 0.25) is 0 Å². The lowest BCUT2D eigenvalue weighted by molar-refractivity contribution is 0.0928. The zero-order valence-corrected chi connectivity index (χ0v) is 13.4. The fourth-order valence-corrected chi connectivity index (χ4v) is 3.66. The maximum atomic E-state index is 12.6. The van der Waals surface area contributed by atoms with Crippen molar-refractivity contribution in [2.45, 2.75) is 12.0 Å². The smallest absolute Gasteiger partial charge is 0.254 e. The van der Waals surface area contributed by atoms with Crippen LogP contribution in [0, 0.1) is 11.8 Å². The topological polar surface area (TPSA) is 96.9 Å². The molecule has 2 aliphatic heterocycles. The highest BCUT2D eigenvalue weighted by atomic mass is 16.5. The minimum atomic E-state index is -0.309. The number of hydrogen-bond acceptors (Lipinski definition) is 5. The van der Waals surface area contributed by atoms with E-state index in [9.17, 15) is 14.7 Å². The van der Waals surface area contributed by atoms with Gasteiger partial charge in [0, 0.05) is 42.0 Å². The van der Waals surface area contributed by atoms with Crippen LogP contribution in [-0.4, -0.2) is 56.4 Å². The van der Waals surface area contributed by atoms with Crippen molar-refractivity contribution in [3.63, 3.8) is 0 Å². The maximum absolute atomic E-state index is 12.6. The van der Waals surface area contributed by atoms with Crippen molar-refractivity contribution in [3.05, 3.63) is 28.8 Å². The first kappa shape index (κ1) is 15.4. The molecule has 4 rings (SSSR count). The van der Waals surface area contributed by atoms with Crippen LogP contribution in [-0.2, 0) is 4.74 Å². The van der Waals surface area contributed by atoms with Gasteiger partial charge < -0.3 is 25.2 Å². The molecule has 7 heteroatoms. The van der Waals surface area contributed by atoms with Gasteiger partial charge in [-0.3, -0.25) is 9.59 Å². The predicted molar refractivity (Wildman–Crippen MR) is 84.2 cm³/mol. The van der Waals surface area contributed by atoms with E-state index in [4.69, 9.17) is 9.47 Å². The lowest BCUT2D eigenvalue weighted by atomic mass is 9.96. The van der Waals surface area contributed by atoms with Crippen LogP contribution < -0.4 is 15.4 Å². The Balaban J connectivity index is 1.63. The van der Waals surface area contributed by atoms with Gasteiger partial charge in [-0.05, 0) is 12.1 Å². The molecule has 0 radical (unpaired) electrons. The molecule has 1 aromatic carbocycles. The molecule has 2 heterocycles. The molecule has 2 fully saturated rings. The Morgan fingerprint density at radius 2 is 1.96 bits per heavy atom. The van der Waals surface area contributed by atoms with Gasteiger partial charge in [-0.2, -0.15) is 0 Å². The van der Waals surface area contributed by atoms with Crippen molar-refractivity contribution in [3.8, 4) is 5.75 Å². The normalized spacial score (nSPS) is 29.4. The number of aliphatic hydroxyl groups is 1. The number of carbonyl (C=O) groups is 2. The minimum absolute atomic E-state index is 0.0879. The first-order valence-electron chi connectivity index (χ1n) is 8.16. The molecule has 3 N–H and O–H groups in total. The quantitative estimate of drug-likeness (QED) is 0.715. The molecule has 24 heavy (non-hydrogen) atoms. The summed E-state index contributed by atoms with van der Waals surface area (Å²) < 4.78 is 10.9. The van der Waals surface area contributed by atoms with Crippen molar-refractivity contribution in [1.29, 1.82) is 0 Å². The van der Waals surface area contributed by atoms with Gasteiger partial charge in [-0.1, -0.05) is 0 Å². The van der Waals surface area contributed by atoms with E-state index in [0.717, 1.165) is 0 Å². The van der Waals surface area contributed by atoms with E-state index >= 15 is 0 Å². The van der Waals surface area contributed by atoms with Crippen LogP contribution in [0.1, 0.15) is 32.2 Å². The van der Waals surface area contributed by atoms with Crippen molar-refractivity contribution >= 4 is 11.8 Å². The number of carbonyl (C=O) groups excluding carboxylic acids is 2. The van der Waals surface area contributed by atoms with E-state index in [2.05, 4.69) is 10.6 Å². The molecule has 128 valence electrons. The molecular formula is C17H20N2O5. The maximum Gasteiger partial charge on any atom is 0.254 e. The van der Waals surface area contributed by atoms with Crippen LogP contribution in [0.3, 0.4) is 0 Å². The zero-order chi connectivity index (χ0) is 16.8. The Morgan fingerprint density at radius 1 is 1.21 bits per heavy atom. The van der Waals surface area contributed by atoms with E-state index in [0.29, 0.717) is 54.1 Å². The number of aliphatic hydroxyl groups excluding tert-OH is 1. The van der Waals surface area contributed by atoms with Gasteiger partial charge >= 0.3 is 0 Å². The fourth-order valence-electron chi connectivity index (χ4n) is 3.66. The van der Waals surface area contributed by atoms with Crippen LogP contribution >= 0.6 is 0 Å². The van der Waals surface area contributed by atoms with Gasteiger partial charge in [-0.15, -0.1) is 0 Å². The second-order valence-electron chi connectivity index (χ2n) is 6.58. The molecule has 1 saturated carbocycles. The molecular weight excluding hydrogens is 312 g/mol. The molecule has 1 saturated heterocycles. The van der Waals surface area contributed by atoms with Crippen LogP contribution in [0.4, 0.5) is 0 Å². The van der Waals surface area contributed by atoms with Crippen molar-refractivity contribution in [2.24, 2.45) is 11.8 Å². The molecule has 1 aromatic rings. The highest BCUT2D eigenvalue weighted by molar-refractivity contribution is 6.02. The number of rotatable bonds is 4. The van der Waals surface area contributed by atoms with Crippen LogP contribution in [0.15, 0.2) is 12.1 Å². The Hall–Kier alpha value is -2.12. The second kappa shape index (κ2) is 5.75. The minimum Gasteiger partial charge on any atom is -0.492 e. The number of benzene rings is 1. The first-order chi connectivity index (χ1) is 11.6. The lowest BCUT2D eigenvalue weighted by Crippen LogP contribution is -2.30. The number of fused-ring (bicyclic) bond motifs is 2.